The van der Waals surface area contributed by atoms with Gasteiger partial charge in [-0.1, -0.05) is 6.08 Å². The molecule has 19 heavy (non-hydrogen) atoms. The van der Waals surface area contributed by atoms with Crippen LogP contribution in [0.2, 0.25) is 0 Å². The van der Waals surface area contributed by atoms with Crippen molar-refractivity contribution < 1.29 is 9.72 Å². The van der Waals surface area contributed by atoms with Crippen molar-refractivity contribution in [1.82, 2.24) is 9.78 Å². The molecule has 1 aromatic heterocycles. The minimum absolute atomic E-state index is 0.0233. The van der Waals surface area contributed by atoms with Gasteiger partial charge in [-0.05, 0) is 29.8 Å². The fraction of sp³-hybridized carbons (Fsp3) is 0.0769. The molecule has 0 aliphatic heterocycles. The summed E-state index contributed by atoms with van der Waals surface area (Å²) in [7, 11) is 1.69. The number of nitrogens with zero attached hydrogens (tertiary/aromatic N) is 3. The molecule has 0 bridgehead atoms. The Bertz CT molecular complexity index is 641. The Morgan fingerprint density at radius 1 is 1.32 bits per heavy atom. The summed E-state index contributed by atoms with van der Waals surface area (Å²) in [6.07, 6.45) is 4.57. The van der Waals surface area contributed by atoms with Crippen molar-refractivity contribution in [1.29, 1.82) is 0 Å². The number of carbonyl (C=O) groups excluding carboxylic acids is 1. The first-order valence-corrected chi connectivity index (χ1v) is 5.53. The third-order valence-corrected chi connectivity index (χ3v) is 2.60. The molecule has 0 radical (unpaired) electrons. The lowest BCUT2D eigenvalue weighted by Crippen LogP contribution is -2.03. The molecule has 96 valence electrons. The molecular formula is C13H11N3O3. The Labute approximate surface area is 109 Å². The molecule has 0 unspecified atom stereocenters. The molecule has 1 aromatic carbocycles. The van der Waals surface area contributed by atoms with Crippen LogP contribution in [0, 0.1) is 10.1 Å². The average molecular weight is 257 g/mol. The Hall–Kier alpha value is -2.76. The lowest BCUT2D eigenvalue weighted by Gasteiger charge is -1.96. The smallest absolute Gasteiger partial charge is 0.269 e. The lowest BCUT2D eigenvalue weighted by molar-refractivity contribution is -0.384. The van der Waals surface area contributed by atoms with Crippen molar-refractivity contribution in [3.63, 3.8) is 0 Å². The van der Waals surface area contributed by atoms with Gasteiger partial charge in [0.2, 0.25) is 5.78 Å². The Morgan fingerprint density at radius 2 is 2.00 bits per heavy atom. The summed E-state index contributed by atoms with van der Waals surface area (Å²) in [4.78, 5) is 21.9. The number of carbonyl (C=O) groups is 1. The Kier molecular flexibility index (Phi) is 3.51. The van der Waals surface area contributed by atoms with Crippen LogP contribution in [0.15, 0.2) is 42.6 Å². The molecular weight excluding hydrogens is 246 g/mol. The van der Waals surface area contributed by atoms with Crippen LogP contribution < -0.4 is 0 Å². The minimum atomic E-state index is -0.464. The zero-order valence-corrected chi connectivity index (χ0v) is 10.2. The van der Waals surface area contributed by atoms with E-state index in [9.17, 15) is 14.9 Å². The fourth-order valence-corrected chi connectivity index (χ4v) is 1.58. The van der Waals surface area contributed by atoms with Gasteiger partial charge in [-0.15, -0.1) is 0 Å². The van der Waals surface area contributed by atoms with Gasteiger partial charge in [-0.25, -0.2) is 0 Å². The molecule has 0 aliphatic carbocycles. The number of allylic oxidation sites excluding steroid dienone is 1. The first-order valence-electron chi connectivity index (χ1n) is 5.53. The molecule has 0 N–H and O–H groups in total. The first kappa shape index (κ1) is 12.7. The maximum Gasteiger partial charge on any atom is 0.269 e. The third-order valence-electron chi connectivity index (χ3n) is 2.60. The molecule has 0 fully saturated rings. The molecule has 2 rings (SSSR count). The molecule has 2 aromatic rings. The number of non-ortho nitro benzene ring substituents is 1. The van der Waals surface area contributed by atoms with Gasteiger partial charge in [0.25, 0.3) is 5.69 Å². The number of aromatic nitrogens is 2. The second-order valence-electron chi connectivity index (χ2n) is 3.89. The van der Waals surface area contributed by atoms with E-state index in [1.165, 1.54) is 22.9 Å². The summed E-state index contributed by atoms with van der Waals surface area (Å²) in [6.45, 7) is 0. The number of nitro benzene ring substituents is 1. The molecule has 1 heterocycles. The number of nitro groups is 1. The maximum atomic E-state index is 11.8. The normalized spacial score (nSPS) is 10.8. The first-order chi connectivity index (χ1) is 9.08. The van der Waals surface area contributed by atoms with Gasteiger partial charge in [0.1, 0.15) is 5.69 Å². The quantitative estimate of drug-likeness (QED) is 0.364. The second-order valence-corrected chi connectivity index (χ2v) is 3.89. The van der Waals surface area contributed by atoms with Crippen molar-refractivity contribution in [2.75, 3.05) is 0 Å². The van der Waals surface area contributed by atoms with E-state index in [2.05, 4.69) is 5.10 Å². The highest BCUT2D eigenvalue weighted by atomic mass is 16.6. The highest BCUT2D eigenvalue weighted by Gasteiger charge is 2.06. The van der Waals surface area contributed by atoms with Crippen LogP contribution in [0.1, 0.15) is 16.1 Å². The molecule has 0 amide bonds. The lowest BCUT2D eigenvalue weighted by atomic mass is 10.1. The molecule has 0 aliphatic rings. The van der Waals surface area contributed by atoms with Gasteiger partial charge >= 0.3 is 0 Å². The van der Waals surface area contributed by atoms with Crippen LogP contribution in [-0.2, 0) is 7.05 Å². The van der Waals surface area contributed by atoms with Crippen LogP contribution in [0.4, 0.5) is 5.69 Å². The minimum Gasteiger partial charge on any atom is -0.288 e. The van der Waals surface area contributed by atoms with Crippen molar-refractivity contribution in [3.05, 3.63) is 64.0 Å². The summed E-state index contributed by atoms with van der Waals surface area (Å²) in [5.41, 5.74) is 1.23. The summed E-state index contributed by atoms with van der Waals surface area (Å²) >= 11 is 0. The van der Waals surface area contributed by atoms with E-state index < -0.39 is 4.92 Å². The van der Waals surface area contributed by atoms with E-state index in [1.807, 2.05) is 0 Å². The predicted molar refractivity (Wildman–Crippen MR) is 69.7 cm³/mol. The van der Waals surface area contributed by atoms with E-state index in [1.54, 1.807) is 37.5 Å². The molecule has 6 nitrogen and oxygen atoms in total. The van der Waals surface area contributed by atoms with Crippen LogP contribution >= 0.6 is 0 Å². The largest absolute Gasteiger partial charge is 0.288 e. The summed E-state index contributed by atoms with van der Waals surface area (Å²) in [5, 5.41) is 14.4. The molecule has 6 heteroatoms. The summed E-state index contributed by atoms with van der Waals surface area (Å²) in [5.74, 6) is -0.168. The van der Waals surface area contributed by atoms with Crippen LogP contribution in [0.3, 0.4) is 0 Å². The molecule has 0 spiro atoms. The van der Waals surface area contributed by atoms with Gasteiger partial charge in [-0.2, -0.15) is 5.10 Å². The topological polar surface area (TPSA) is 78.0 Å². The van der Waals surface area contributed by atoms with E-state index >= 15 is 0 Å². The number of aryl methyl sites for hydroxylation is 1. The number of hydrogen-bond donors (Lipinski definition) is 0. The average Bonchev–Trinajstić information content (AvgIpc) is 2.83. The molecule has 0 saturated carbocycles. The summed E-state index contributed by atoms with van der Waals surface area (Å²) < 4.78 is 1.49. The highest BCUT2D eigenvalue weighted by molar-refractivity contribution is 6.05. The Morgan fingerprint density at radius 3 is 2.53 bits per heavy atom. The van der Waals surface area contributed by atoms with Crippen LogP contribution in [0.5, 0.6) is 0 Å². The monoisotopic (exact) mass is 257 g/mol. The van der Waals surface area contributed by atoms with E-state index in [4.69, 9.17) is 0 Å². The van der Waals surface area contributed by atoms with E-state index in [-0.39, 0.29) is 11.5 Å². The SMILES string of the molecule is Cn1nccc1C(=O)/C=C/c1ccc([N+](=O)[O-])cc1. The van der Waals surface area contributed by atoms with Gasteiger partial charge in [0.15, 0.2) is 0 Å². The van der Waals surface area contributed by atoms with Crippen molar-refractivity contribution in [3.8, 4) is 0 Å². The fourth-order valence-electron chi connectivity index (χ4n) is 1.58. The third kappa shape index (κ3) is 2.92. The summed E-state index contributed by atoms with van der Waals surface area (Å²) in [6, 6.07) is 7.60. The number of benzene rings is 1. The van der Waals surface area contributed by atoms with Crippen molar-refractivity contribution in [2.45, 2.75) is 0 Å². The van der Waals surface area contributed by atoms with Gasteiger partial charge in [-0.3, -0.25) is 19.6 Å². The second kappa shape index (κ2) is 5.26. The van der Waals surface area contributed by atoms with Crippen LogP contribution in [-0.4, -0.2) is 20.5 Å². The number of ketones is 1. The predicted octanol–water partition coefficient (Wildman–Crippen LogP) is 2.22. The number of rotatable bonds is 4. The van der Waals surface area contributed by atoms with Crippen molar-refractivity contribution in [2.24, 2.45) is 7.05 Å². The van der Waals surface area contributed by atoms with E-state index in [0.29, 0.717) is 5.69 Å². The zero-order valence-electron chi connectivity index (χ0n) is 10.2. The van der Waals surface area contributed by atoms with Gasteiger partial charge < -0.3 is 0 Å². The van der Waals surface area contributed by atoms with Gasteiger partial charge in [0, 0.05) is 25.4 Å². The van der Waals surface area contributed by atoms with Gasteiger partial charge in [0.05, 0.1) is 4.92 Å². The number of hydrogen-bond acceptors (Lipinski definition) is 4. The maximum absolute atomic E-state index is 11.8. The Balaban J connectivity index is 2.13. The van der Waals surface area contributed by atoms with Crippen molar-refractivity contribution >= 4 is 17.5 Å². The zero-order chi connectivity index (χ0) is 13.8. The van der Waals surface area contributed by atoms with Crippen LogP contribution in [0.25, 0.3) is 6.08 Å². The molecule has 0 atom stereocenters. The highest BCUT2D eigenvalue weighted by Crippen LogP contribution is 2.13. The standard InChI is InChI=1S/C13H11N3O3/c1-15-12(8-9-14-15)13(17)7-4-10-2-5-11(6-3-10)16(18)19/h2-9H,1H3/b7-4+. The van der Waals surface area contributed by atoms with E-state index in [0.717, 1.165) is 5.56 Å². The molecule has 0 saturated heterocycles.